The molecule has 13 heteroatoms. The van der Waals surface area contributed by atoms with E-state index >= 15 is 0 Å². The predicted molar refractivity (Wildman–Crippen MR) is 60.4 cm³/mol. The van der Waals surface area contributed by atoms with Gasteiger partial charge >= 0.3 is 24.6 Å². The average Bonchev–Trinajstić information content (AvgIpc) is 2.34. The van der Waals surface area contributed by atoms with Crippen molar-refractivity contribution in [3.8, 4) is 0 Å². The van der Waals surface area contributed by atoms with Crippen LogP contribution in [0.1, 0.15) is 12.8 Å². The second kappa shape index (κ2) is 6.72. The second-order valence-electron chi connectivity index (χ2n) is 4.72. The van der Waals surface area contributed by atoms with Gasteiger partial charge in [0, 0.05) is 12.8 Å². The highest BCUT2D eigenvalue weighted by atomic mass is 19.4. The molecule has 0 saturated heterocycles. The van der Waals surface area contributed by atoms with Gasteiger partial charge in [-0.2, -0.15) is 43.9 Å². The van der Waals surface area contributed by atoms with Crippen LogP contribution in [0.4, 0.5) is 52.7 Å². The van der Waals surface area contributed by atoms with Crippen LogP contribution in [0.25, 0.3) is 0 Å². The van der Waals surface area contributed by atoms with Gasteiger partial charge < -0.3 is 0 Å². The summed E-state index contributed by atoms with van der Waals surface area (Å²) in [5.41, 5.74) is -11.8. The predicted octanol–water partition coefficient (Wildman–Crippen LogP) is 5.88. The molecule has 2 atom stereocenters. The van der Waals surface area contributed by atoms with Crippen LogP contribution in [0, 0.1) is 0 Å². The Morgan fingerprint density at radius 3 is 0.960 bits per heavy atom. The normalized spacial score (nSPS) is 19.0. The van der Waals surface area contributed by atoms with Crippen molar-refractivity contribution in [1.82, 2.24) is 0 Å². The third kappa shape index (κ3) is 4.06. The van der Waals surface area contributed by atoms with E-state index in [1.54, 1.807) is 0 Å². The van der Waals surface area contributed by atoms with Crippen molar-refractivity contribution in [1.29, 1.82) is 0 Å². The highest BCUT2D eigenvalue weighted by molar-refractivity contribution is 5.04. The number of alkyl halides is 12. The highest BCUT2D eigenvalue weighted by Crippen LogP contribution is 2.55. The lowest BCUT2D eigenvalue weighted by molar-refractivity contribution is -0.481. The lowest BCUT2D eigenvalue weighted by atomic mass is 9.97. The molecule has 0 spiro atoms. The summed E-state index contributed by atoms with van der Waals surface area (Å²) in [4.78, 5) is 0. The Bertz CT molecular complexity index is 449. The molecule has 0 aromatic heterocycles. The Kier molecular flexibility index (Phi) is 6.35. The number of ether oxygens (including phenoxy) is 1. The fourth-order valence-corrected chi connectivity index (χ4v) is 1.52. The zero-order valence-corrected chi connectivity index (χ0v) is 11.9. The first-order chi connectivity index (χ1) is 10.8. The first kappa shape index (κ1) is 23.6. The molecule has 0 saturated carbocycles. The van der Waals surface area contributed by atoms with Crippen LogP contribution in [0.3, 0.4) is 0 Å². The molecule has 0 radical (unpaired) electrons. The van der Waals surface area contributed by atoms with Crippen molar-refractivity contribution in [2.24, 2.45) is 0 Å². The Morgan fingerprint density at radius 1 is 0.560 bits per heavy atom. The summed E-state index contributed by atoms with van der Waals surface area (Å²) < 4.78 is 158. The minimum Gasteiger partial charge on any atom is -0.250 e. The van der Waals surface area contributed by atoms with E-state index in [-0.39, 0.29) is 12.2 Å². The van der Waals surface area contributed by atoms with Crippen LogP contribution in [0.2, 0.25) is 0 Å². The summed E-state index contributed by atoms with van der Waals surface area (Å²) in [6.07, 6.45) is -31.2. The molecule has 2 unspecified atom stereocenters. The standard InChI is InChI=1S/C12H10F12O/c1-3-5-7(13,9(15,16)17)11(21,22)25-12(23,24)8(14,6-4-2)10(18,19)20/h3-4H,1-2,5-6H2. The summed E-state index contributed by atoms with van der Waals surface area (Å²) in [6, 6.07) is 0. The van der Waals surface area contributed by atoms with Gasteiger partial charge in [0.05, 0.1) is 0 Å². The fraction of sp³-hybridized carbons (Fsp3) is 0.667. The van der Waals surface area contributed by atoms with Crippen LogP contribution >= 0.6 is 0 Å². The van der Waals surface area contributed by atoms with E-state index in [1.165, 1.54) is 0 Å². The Labute approximate surface area is 132 Å². The topological polar surface area (TPSA) is 9.23 Å². The molecule has 0 aliphatic carbocycles. The van der Waals surface area contributed by atoms with Gasteiger partial charge in [0.2, 0.25) is 0 Å². The lowest BCUT2D eigenvalue weighted by Gasteiger charge is -2.39. The molecule has 0 aliphatic rings. The minimum atomic E-state index is -6.59. The van der Waals surface area contributed by atoms with Gasteiger partial charge in [0.25, 0.3) is 11.3 Å². The summed E-state index contributed by atoms with van der Waals surface area (Å²) in [5.74, 6) is 0. The Hall–Kier alpha value is -1.40. The molecule has 0 amide bonds. The molecule has 0 aliphatic heterocycles. The molecule has 148 valence electrons. The molecule has 0 bridgehead atoms. The summed E-state index contributed by atoms with van der Waals surface area (Å²) in [5, 5.41) is 0. The Morgan fingerprint density at radius 2 is 0.800 bits per heavy atom. The molecule has 0 aromatic rings. The molecule has 0 heterocycles. The third-order valence-electron chi connectivity index (χ3n) is 2.93. The third-order valence-corrected chi connectivity index (χ3v) is 2.93. The molecule has 0 rings (SSSR count). The lowest BCUT2D eigenvalue weighted by Crippen LogP contribution is -2.64. The molecule has 25 heavy (non-hydrogen) atoms. The fourth-order valence-electron chi connectivity index (χ4n) is 1.52. The van der Waals surface area contributed by atoms with Crippen molar-refractivity contribution in [3.05, 3.63) is 25.3 Å². The maximum absolute atomic E-state index is 13.6. The SMILES string of the molecule is C=CCC(F)(C(F)(F)F)C(F)(F)OC(F)(F)C(F)(CC=C)C(F)(F)F. The van der Waals surface area contributed by atoms with E-state index < -0.39 is 48.7 Å². The van der Waals surface area contributed by atoms with Crippen molar-refractivity contribution >= 4 is 0 Å². The van der Waals surface area contributed by atoms with E-state index in [1.807, 2.05) is 0 Å². The van der Waals surface area contributed by atoms with Crippen molar-refractivity contribution in [2.45, 2.75) is 48.7 Å². The summed E-state index contributed by atoms with van der Waals surface area (Å²) in [6.45, 7) is 5.01. The number of hydrogen-bond acceptors (Lipinski definition) is 1. The largest absolute Gasteiger partial charge is 0.431 e. The van der Waals surface area contributed by atoms with E-state index in [9.17, 15) is 52.7 Å². The molecule has 0 aromatic carbocycles. The van der Waals surface area contributed by atoms with E-state index in [4.69, 9.17) is 0 Å². The van der Waals surface area contributed by atoms with E-state index in [2.05, 4.69) is 17.9 Å². The van der Waals surface area contributed by atoms with Gasteiger partial charge in [0.15, 0.2) is 0 Å². The van der Waals surface area contributed by atoms with Crippen molar-refractivity contribution in [3.63, 3.8) is 0 Å². The van der Waals surface area contributed by atoms with Crippen molar-refractivity contribution in [2.75, 3.05) is 0 Å². The monoisotopic (exact) mass is 398 g/mol. The zero-order valence-electron chi connectivity index (χ0n) is 11.9. The summed E-state index contributed by atoms with van der Waals surface area (Å²) >= 11 is 0. The molecular formula is C12H10F12O. The molecule has 1 nitrogen and oxygen atoms in total. The first-order valence-corrected chi connectivity index (χ1v) is 6.02. The average molecular weight is 398 g/mol. The van der Waals surface area contributed by atoms with Crippen LogP contribution in [0.5, 0.6) is 0 Å². The summed E-state index contributed by atoms with van der Waals surface area (Å²) in [7, 11) is 0. The van der Waals surface area contributed by atoms with Gasteiger partial charge in [-0.05, 0) is 0 Å². The maximum Gasteiger partial charge on any atom is 0.431 e. The van der Waals surface area contributed by atoms with Gasteiger partial charge in [-0.3, -0.25) is 0 Å². The van der Waals surface area contributed by atoms with E-state index in [0.717, 1.165) is 0 Å². The zero-order chi connectivity index (χ0) is 20.5. The highest BCUT2D eigenvalue weighted by Gasteiger charge is 2.79. The van der Waals surface area contributed by atoms with Gasteiger partial charge in [-0.15, -0.1) is 13.2 Å². The van der Waals surface area contributed by atoms with Gasteiger partial charge in [-0.25, -0.2) is 13.5 Å². The maximum atomic E-state index is 13.6. The number of halogens is 12. The van der Waals surface area contributed by atoms with Gasteiger partial charge in [-0.1, -0.05) is 12.2 Å². The molecule has 0 fully saturated rings. The van der Waals surface area contributed by atoms with Crippen LogP contribution in [-0.2, 0) is 4.74 Å². The number of allylic oxidation sites excluding steroid dienone is 2. The number of hydrogen-bond donors (Lipinski definition) is 0. The minimum absolute atomic E-state index is 0.0981. The van der Waals surface area contributed by atoms with Crippen molar-refractivity contribution < 1.29 is 57.4 Å². The van der Waals surface area contributed by atoms with Crippen LogP contribution < -0.4 is 0 Å². The molecule has 0 N–H and O–H groups in total. The molecular weight excluding hydrogens is 388 g/mol. The van der Waals surface area contributed by atoms with Gasteiger partial charge in [0.1, 0.15) is 0 Å². The smallest absolute Gasteiger partial charge is 0.250 e. The first-order valence-electron chi connectivity index (χ1n) is 6.02. The van der Waals surface area contributed by atoms with Crippen LogP contribution in [0.15, 0.2) is 25.3 Å². The Balaban J connectivity index is 6.14. The number of rotatable bonds is 8. The second-order valence-corrected chi connectivity index (χ2v) is 4.72. The van der Waals surface area contributed by atoms with E-state index in [0.29, 0.717) is 0 Å². The van der Waals surface area contributed by atoms with Crippen LogP contribution in [-0.4, -0.2) is 35.9 Å². The quantitative estimate of drug-likeness (QED) is 0.367.